The van der Waals surface area contributed by atoms with Crippen molar-refractivity contribution in [2.45, 2.75) is 72.3 Å². The van der Waals surface area contributed by atoms with Gasteiger partial charge in [0.05, 0.1) is 26.2 Å². The van der Waals surface area contributed by atoms with Gasteiger partial charge in [-0.15, -0.1) is 11.3 Å². The minimum atomic E-state index is -0.762. The lowest BCUT2D eigenvalue weighted by Gasteiger charge is -2.27. The highest BCUT2D eigenvalue weighted by atomic mass is 35.5. The Morgan fingerprint density at radius 2 is 1.70 bits per heavy atom. The van der Waals surface area contributed by atoms with Crippen LogP contribution in [0.2, 0.25) is 10.0 Å². The van der Waals surface area contributed by atoms with Crippen molar-refractivity contribution in [2.24, 2.45) is 4.99 Å². The molecule has 44 heavy (non-hydrogen) atoms. The van der Waals surface area contributed by atoms with E-state index in [1.165, 1.54) is 25.0 Å². The predicted octanol–water partition coefficient (Wildman–Crippen LogP) is 9.40. The van der Waals surface area contributed by atoms with Gasteiger partial charge >= 0.3 is 0 Å². The summed E-state index contributed by atoms with van der Waals surface area (Å²) in [5, 5.41) is 5.97. The molecular weight excluding hydrogens is 614 g/mol. The van der Waals surface area contributed by atoms with E-state index in [1.54, 1.807) is 35.6 Å². The zero-order valence-electron chi connectivity index (χ0n) is 26.0. The van der Waals surface area contributed by atoms with E-state index in [1.807, 2.05) is 48.7 Å². The minimum absolute atomic E-state index is 0.206. The van der Waals surface area contributed by atoms with Crippen LogP contribution in [0.1, 0.15) is 75.6 Å². The summed E-state index contributed by atoms with van der Waals surface area (Å²) in [6, 6.07) is 15.8. The Hall–Kier alpha value is -3.44. The van der Waals surface area contributed by atoms with Crippen molar-refractivity contribution in [3.05, 3.63) is 92.2 Å². The number of amides is 1. The Labute approximate surface area is 273 Å². The number of unbranched alkanes of at least 4 members (excludes halogenated alkanes) is 1. The number of thiophene rings is 1. The zero-order valence-corrected chi connectivity index (χ0v) is 28.3. The number of carbonyl (C=O) groups is 1. The summed E-state index contributed by atoms with van der Waals surface area (Å²) >= 11 is 14.4. The second-order valence-electron chi connectivity index (χ2n) is 11.0. The highest BCUT2D eigenvalue weighted by Crippen LogP contribution is 2.38. The first-order valence-electron chi connectivity index (χ1n) is 14.8. The van der Waals surface area contributed by atoms with E-state index >= 15 is 0 Å². The van der Waals surface area contributed by atoms with Crippen LogP contribution < -0.4 is 0 Å². The van der Waals surface area contributed by atoms with Crippen LogP contribution >= 0.6 is 34.5 Å². The highest BCUT2D eigenvalue weighted by Gasteiger charge is 2.42. The van der Waals surface area contributed by atoms with Crippen molar-refractivity contribution in [1.82, 2.24) is 14.7 Å². The first-order valence-corrected chi connectivity index (χ1v) is 16.4. The van der Waals surface area contributed by atoms with Crippen LogP contribution in [0.15, 0.2) is 59.6 Å². The van der Waals surface area contributed by atoms with E-state index in [0.29, 0.717) is 40.1 Å². The lowest BCUT2D eigenvalue weighted by molar-refractivity contribution is -0.123. The summed E-state index contributed by atoms with van der Waals surface area (Å²) in [6.45, 7) is 10.1. The first kappa shape index (κ1) is 33.5. The van der Waals surface area contributed by atoms with E-state index in [4.69, 9.17) is 28.3 Å². The number of rotatable bonds is 7. The van der Waals surface area contributed by atoms with Crippen molar-refractivity contribution in [1.29, 1.82) is 0 Å². The van der Waals surface area contributed by atoms with Crippen molar-refractivity contribution < 1.29 is 9.18 Å². The van der Waals surface area contributed by atoms with Gasteiger partial charge in [-0.1, -0.05) is 80.8 Å². The van der Waals surface area contributed by atoms with Gasteiger partial charge < -0.3 is 4.90 Å². The zero-order chi connectivity index (χ0) is 32.0. The Morgan fingerprint density at radius 3 is 2.30 bits per heavy atom. The lowest BCUT2D eigenvalue weighted by atomic mass is 10.0. The molecule has 1 aliphatic rings. The Bertz CT molecular complexity index is 1730. The molecule has 9 heteroatoms. The normalized spacial score (nSPS) is 13.7. The number of halogens is 3. The number of aromatic nitrogens is 2. The standard InChI is InChI=1S/C31H27Cl2FN4OS.C4H10/c1-5-23-27(29-35-30(39)31(2,3)37(29)4)36-38(25-16-12-20(32)18-24(25)33)28(23)26-17-15-22(40-26)9-7-6-8-19-10-13-21(34)14-11-19;1-3-4-2/h10-18H,5-6,8H2,1-4H3;3-4H2,1-2H3. The van der Waals surface area contributed by atoms with Gasteiger partial charge in [-0.3, -0.25) is 4.79 Å². The fourth-order valence-corrected chi connectivity index (χ4v) is 5.94. The second kappa shape index (κ2) is 14.6. The summed E-state index contributed by atoms with van der Waals surface area (Å²) in [6.07, 6.45) is 4.72. The average molecular weight is 652 g/mol. The molecule has 0 radical (unpaired) electrons. The number of aryl methyl sites for hydroxylation is 1. The van der Waals surface area contributed by atoms with E-state index in [2.05, 4.69) is 37.6 Å². The van der Waals surface area contributed by atoms with Gasteiger partial charge in [0.25, 0.3) is 5.91 Å². The van der Waals surface area contributed by atoms with Gasteiger partial charge in [0.2, 0.25) is 0 Å². The van der Waals surface area contributed by atoms with Crippen LogP contribution in [0.4, 0.5) is 4.39 Å². The quantitative estimate of drug-likeness (QED) is 0.187. The molecule has 5 rings (SSSR count). The summed E-state index contributed by atoms with van der Waals surface area (Å²) in [4.78, 5) is 20.9. The largest absolute Gasteiger partial charge is 0.343 e. The van der Waals surface area contributed by atoms with Crippen LogP contribution in [-0.2, 0) is 17.6 Å². The lowest BCUT2D eigenvalue weighted by Crippen LogP contribution is -2.44. The molecule has 2 aromatic carbocycles. The molecule has 0 bridgehead atoms. The third-order valence-electron chi connectivity index (χ3n) is 7.58. The molecule has 0 spiro atoms. The van der Waals surface area contributed by atoms with E-state index in [0.717, 1.165) is 33.0 Å². The average Bonchev–Trinajstić information content (AvgIpc) is 3.67. The van der Waals surface area contributed by atoms with Crippen molar-refractivity contribution >= 4 is 46.3 Å². The fraction of sp³-hybridized carbons (Fsp3) is 0.343. The van der Waals surface area contributed by atoms with E-state index in [-0.39, 0.29) is 11.7 Å². The van der Waals surface area contributed by atoms with Crippen LogP contribution in [-0.4, -0.2) is 39.0 Å². The molecule has 1 amide bonds. The Balaban J connectivity index is 0.00000104. The number of carbonyl (C=O) groups excluding carboxylic acids is 1. The molecule has 2 aromatic heterocycles. The Morgan fingerprint density at radius 1 is 1.00 bits per heavy atom. The monoisotopic (exact) mass is 650 g/mol. The maximum absolute atomic E-state index is 13.2. The molecular formula is C35H37Cl2FN4OS. The van der Waals surface area contributed by atoms with Crippen LogP contribution in [0.25, 0.3) is 16.3 Å². The van der Waals surface area contributed by atoms with Crippen molar-refractivity contribution in [3.8, 4) is 28.1 Å². The molecule has 5 nitrogen and oxygen atoms in total. The van der Waals surface area contributed by atoms with Crippen LogP contribution in [0.5, 0.6) is 0 Å². The number of hydrogen-bond acceptors (Lipinski definition) is 4. The third-order valence-corrected chi connectivity index (χ3v) is 9.12. The van der Waals surface area contributed by atoms with E-state index < -0.39 is 5.54 Å². The molecule has 0 saturated heterocycles. The third kappa shape index (κ3) is 7.26. The predicted molar refractivity (Wildman–Crippen MR) is 182 cm³/mol. The second-order valence-corrected chi connectivity index (χ2v) is 12.9. The minimum Gasteiger partial charge on any atom is -0.343 e. The number of aliphatic imine (C=N–C) groups is 1. The molecule has 1 aliphatic heterocycles. The van der Waals surface area contributed by atoms with Crippen molar-refractivity contribution in [2.75, 3.05) is 7.05 Å². The van der Waals surface area contributed by atoms with Crippen molar-refractivity contribution in [3.63, 3.8) is 0 Å². The topological polar surface area (TPSA) is 50.5 Å². The molecule has 3 heterocycles. The molecule has 0 aliphatic carbocycles. The maximum Gasteiger partial charge on any atom is 0.273 e. The van der Waals surface area contributed by atoms with Crippen LogP contribution in [0, 0.1) is 17.7 Å². The summed E-state index contributed by atoms with van der Waals surface area (Å²) < 4.78 is 15.0. The maximum atomic E-state index is 13.2. The van der Waals surface area contributed by atoms with Gasteiger partial charge in [-0.05, 0) is 74.7 Å². The Kier molecular flexibility index (Phi) is 11.1. The molecule has 0 fully saturated rings. The number of nitrogens with zero attached hydrogens (tertiary/aromatic N) is 4. The van der Waals surface area contributed by atoms with Gasteiger partial charge in [0.15, 0.2) is 5.84 Å². The molecule has 4 aromatic rings. The van der Waals surface area contributed by atoms with Gasteiger partial charge in [-0.2, -0.15) is 10.1 Å². The smallest absolute Gasteiger partial charge is 0.273 e. The number of benzene rings is 2. The molecule has 0 saturated carbocycles. The summed E-state index contributed by atoms with van der Waals surface area (Å²) in [5.41, 5.74) is 3.44. The van der Waals surface area contributed by atoms with Crippen LogP contribution in [0.3, 0.4) is 0 Å². The molecule has 0 atom stereocenters. The highest BCUT2D eigenvalue weighted by molar-refractivity contribution is 7.16. The molecule has 0 N–H and O–H groups in total. The summed E-state index contributed by atoms with van der Waals surface area (Å²) in [7, 11) is 1.86. The molecule has 230 valence electrons. The van der Waals surface area contributed by atoms with Gasteiger partial charge in [0, 0.05) is 24.1 Å². The fourth-order valence-electron chi connectivity index (χ4n) is 4.51. The van der Waals surface area contributed by atoms with E-state index in [9.17, 15) is 9.18 Å². The first-order chi connectivity index (χ1) is 21.0. The van der Waals surface area contributed by atoms with Gasteiger partial charge in [-0.25, -0.2) is 9.07 Å². The number of amidine groups is 1. The number of likely N-dealkylation sites (N-methyl/N-ethyl adjacent to an activating group) is 1. The number of hydrogen-bond donors (Lipinski definition) is 0. The summed E-state index contributed by atoms with van der Waals surface area (Å²) in [5.74, 6) is 6.59. The van der Waals surface area contributed by atoms with Gasteiger partial charge in [0.1, 0.15) is 17.1 Å². The SMILES string of the molecule is CCCC.CCc1c(C2=NC(=O)C(C)(C)N2C)nn(-c2ccc(Cl)cc2Cl)c1-c1ccc(C#CCCc2ccc(F)cc2)s1. The molecule has 0 unspecified atom stereocenters.